The number of rotatable bonds is 4. The van der Waals surface area contributed by atoms with E-state index in [0.717, 1.165) is 18.2 Å². The summed E-state index contributed by atoms with van der Waals surface area (Å²) in [5.74, 6) is -0.635. The topological polar surface area (TPSA) is 69.4 Å². The zero-order valence-electron chi connectivity index (χ0n) is 9.88. The smallest absolute Gasteiger partial charge is 0.273 e. The number of hydrogen-bond acceptors (Lipinski definition) is 4. The van der Waals surface area contributed by atoms with Gasteiger partial charge in [-0.15, -0.1) is 0 Å². The Hall–Kier alpha value is -2.47. The van der Waals surface area contributed by atoms with E-state index >= 15 is 0 Å². The van der Waals surface area contributed by atoms with Crippen LogP contribution in [0.3, 0.4) is 0 Å². The summed E-state index contributed by atoms with van der Waals surface area (Å²) in [6.07, 6.45) is 0.463. The summed E-state index contributed by atoms with van der Waals surface area (Å²) < 4.78 is 18.5. The molecule has 0 fully saturated rings. The monoisotopic (exact) mass is 295 g/mol. The molecule has 0 saturated heterocycles. The molecule has 0 spiro atoms. The van der Waals surface area contributed by atoms with E-state index in [1.807, 2.05) is 0 Å². The van der Waals surface area contributed by atoms with Gasteiger partial charge in [0.1, 0.15) is 17.9 Å². The summed E-state index contributed by atoms with van der Waals surface area (Å²) in [4.78, 5) is 20.7. The molecule has 5 nitrogen and oxygen atoms in total. The fourth-order valence-electron chi connectivity index (χ4n) is 1.52. The second-order valence-corrected chi connectivity index (χ2v) is 4.22. The van der Waals surface area contributed by atoms with Crippen LogP contribution >= 0.6 is 11.6 Å². The molecular formula is C13H7ClFNO4. The van der Waals surface area contributed by atoms with Crippen LogP contribution in [0.25, 0.3) is 0 Å². The zero-order chi connectivity index (χ0) is 14.7. The Kier molecular flexibility index (Phi) is 3.95. The summed E-state index contributed by atoms with van der Waals surface area (Å²) in [5.41, 5.74) is -0.127. The van der Waals surface area contributed by atoms with Crippen molar-refractivity contribution in [3.63, 3.8) is 0 Å². The molecule has 0 aliphatic rings. The molecule has 102 valence electrons. The fourth-order valence-corrected chi connectivity index (χ4v) is 1.68. The standard InChI is InChI=1S/C13H7ClFNO4/c14-12-2-1-10(16(18)19)6-13(12)20-11-4-8(7-17)3-9(15)5-11/h1-7H. The molecule has 0 bridgehead atoms. The van der Waals surface area contributed by atoms with E-state index in [2.05, 4.69) is 0 Å². The van der Waals surface area contributed by atoms with Crippen molar-refractivity contribution < 1.29 is 18.8 Å². The Balaban J connectivity index is 2.38. The molecule has 2 rings (SSSR count). The maximum Gasteiger partial charge on any atom is 0.273 e. The first-order valence-electron chi connectivity index (χ1n) is 5.37. The van der Waals surface area contributed by atoms with E-state index in [1.54, 1.807) is 0 Å². The normalized spacial score (nSPS) is 10.1. The summed E-state index contributed by atoms with van der Waals surface area (Å²) in [6.45, 7) is 0. The van der Waals surface area contributed by atoms with Crippen LogP contribution in [-0.2, 0) is 0 Å². The van der Waals surface area contributed by atoms with Gasteiger partial charge in [0.2, 0.25) is 0 Å². The van der Waals surface area contributed by atoms with E-state index in [1.165, 1.54) is 18.2 Å². The summed E-state index contributed by atoms with van der Waals surface area (Å²) in [7, 11) is 0. The van der Waals surface area contributed by atoms with Crippen molar-refractivity contribution in [2.24, 2.45) is 0 Å². The molecule has 0 unspecified atom stereocenters. The number of carbonyl (C=O) groups is 1. The highest BCUT2D eigenvalue weighted by Crippen LogP contribution is 2.33. The molecule has 0 atom stereocenters. The van der Waals surface area contributed by atoms with Gasteiger partial charge in [-0.3, -0.25) is 14.9 Å². The second kappa shape index (κ2) is 5.66. The van der Waals surface area contributed by atoms with Gasteiger partial charge in [0.05, 0.1) is 16.0 Å². The van der Waals surface area contributed by atoms with Gasteiger partial charge < -0.3 is 4.74 Å². The van der Waals surface area contributed by atoms with Crippen molar-refractivity contribution >= 4 is 23.6 Å². The third-order valence-corrected chi connectivity index (χ3v) is 2.70. The third kappa shape index (κ3) is 3.10. The lowest BCUT2D eigenvalue weighted by Crippen LogP contribution is -1.92. The number of nitrogens with zero attached hydrogens (tertiary/aromatic N) is 1. The number of benzene rings is 2. The van der Waals surface area contributed by atoms with Crippen LogP contribution in [0.4, 0.5) is 10.1 Å². The predicted molar refractivity (Wildman–Crippen MR) is 70.0 cm³/mol. The average Bonchev–Trinajstić information content (AvgIpc) is 2.40. The lowest BCUT2D eigenvalue weighted by atomic mass is 10.2. The quantitative estimate of drug-likeness (QED) is 0.486. The number of hydrogen-bond donors (Lipinski definition) is 0. The number of aldehydes is 1. The van der Waals surface area contributed by atoms with E-state index in [-0.39, 0.29) is 27.8 Å². The van der Waals surface area contributed by atoms with Gasteiger partial charge in [-0.25, -0.2) is 4.39 Å². The minimum Gasteiger partial charge on any atom is -0.455 e. The Morgan fingerprint density at radius 3 is 2.65 bits per heavy atom. The number of nitro groups is 1. The van der Waals surface area contributed by atoms with Crippen LogP contribution in [0.1, 0.15) is 10.4 Å². The van der Waals surface area contributed by atoms with E-state index < -0.39 is 10.7 Å². The van der Waals surface area contributed by atoms with E-state index in [4.69, 9.17) is 16.3 Å². The van der Waals surface area contributed by atoms with Gasteiger partial charge in [-0.1, -0.05) is 11.6 Å². The Bertz CT molecular complexity index is 690. The summed E-state index contributed by atoms with van der Waals surface area (Å²) in [5, 5.41) is 10.8. The minimum atomic E-state index is -0.661. The van der Waals surface area contributed by atoms with Crippen LogP contribution < -0.4 is 4.74 Å². The second-order valence-electron chi connectivity index (χ2n) is 3.81. The lowest BCUT2D eigenvalue weighted by molar-refractivity contribution is -0.384. The highest BCUT2D eigenvalue weighted by molar-refractivity contribution is 6.32. The van der Waals surface area contributed by atoms with Crippen molar-refractivity contribution in [1.29, 1.82) is 0 Å². The SMILES string of the molecule is O=Cc1cc(F)cc(Oc2cc([N+](=O)[O-])ccc2Cl)c1. The molecule has 2 aromatic carbocycles. The van der Waals surface area contributed by atoms with Crippen LogP contribution in [0.15, 0.2) is 36.4 Å². The molecule has 0 N–H and O–H groups in total. The minimum absolute atomic E-state index is 0.00307. The van der Waals surface area contributed by atoms with Gasteiger partial charge in [-0.2, -0.15) is 0 Å². The Labute approximate surface area is 117 Å². The number of non-ortho nitro benzene ring substituents is 1. The van der Waals surface area contributed by atoms with Crippen molar-refractivity contribution in [3.8, 4) is 11.5 Å². The first kappa shape index (κ1) is 14.0. The molecule has 0 aromatic heterocycles. The first-order valence-corrected chi connectivity index (χ1v) is 5.75. The average molecular weight is 296 g/mol. The molecule has 0 heterocycles. The summed E-state index contributed by atoms with van der Waals surface area (Å²) >= 11 is 5.85. The predicted octanol–water partition coefficient (Wildman–Crippen LogP) is 3.99. The molecule has 0 aliphatic carbocycles. The summed E-state index contributed by atoms with van der Waals surface area (Å²) in [6, 6.07) is 7.02. The third-order valence-electron chi connectivity index (χ3n) is 2.38. The molecule has 7 heteroatoms. The van der Waals surface area contributed by atoms with E-state index in [9.17, 15) is 19.3 Å². The van der Waals surface area contributed by atoms with Crippen molar-refractivity contribution in [2.45, 2.75) is 0 Å². The Morgan fingerprint density at radius 2 is 2.00 bits per heavy atom. The molecule has 0 saturated carbocycles. The molecule has 0 radical (unpaired) electrons. The van der Waals surface area contributed by atoms with Crippen molar-refractivity contribution in [2.75, 3.05) is 0 Å². The van der Waals surface area contributed by atoms with Crippen molar-refractivity contribution in [3.05, 3.63) is 62.9 Å². The van der Waals surface area contributed by atoms with Crippen LogP contribution in [0.5, 0.6) is 11.5 Å². The lowest BCUT2D eigenvalue weighted by Gasteiger charge is -2.08. The largest absolute Gasteiger partial charge is 0.455 e. The number of nitro benzene ring substituents is 1. The molecule has 20 heavy (non-hydrogen) atoms. The molecule has 0 amide bonds. The maximum absolute atomic E-state index is 13.2. The highest BCUT2D eigenvalue weighted by Gasteiger charge is 2.12. The van der Waals surface area contributed by atoms with Gasteiger partial charge >= 0.3 is 0 Å². The molecule has 0 aliphatic heterocycles. The van der Waals surface area contributed by atoms with Crippen molar-refractivity contribution in [1.82, 2.24) is 0 Å². The van der Waals surface area contributed by atoms with Crippen LogP contribution in [0, 0.1) is 15.9 Å². The van der Waals surface area contributed by atoms with Crippen LogP contribution in [0.2, 0.25) is 5.02 Å². The number of carbonyl (C=O) groups excluding carboxylic acids is 1. The zero-order valence-corrected chi connectivity index (χ0v) is 10.6. The Morgan fingerprint density at radius 1 is 1.25 bits per heavy atom. The maximum atomic E-state index is 13.2. The highest BCUT2D eigenvalue weighted by atomic mass is 35.5. The number of halogens is 2. The number of ether oxygens (including phenoxy) is 1. The van der Waals surface area contributed by atoms with Gasteiger partial charge in [0.15, 0.2) is 5.75 Å². The fraction of sp³-hybridized carbons (Fsp3) is 0. The van der Waals surface area contributed by atoms with Crippen LogP contribution in [-0.4, -0.2) is 11.2 Å². The molecule has 2 aromatic rings. The first-order chi connectivity index (χ1) is 9.49. The van der Waals surface area contributed by atoms with E-state index in [0.29, 0.717) is 6.29 Å². The van der Waals surface area contributed by atoms with Gasteiger partial charge in [0.25, 0.3) is 5.69 Å². The van der Waals surface area contributed by atoms with Gasteiger partial charge in [-0.05, 0) is 18.2 Å². The van der Waals surface area contributed by atoms with Gasteiger partial charge in [0, 0.05) is 17.7 Å². The molecular weight excluding hydrogens is 289 g/mol.